The monoisotopic (exact) mass is 581 g/mol. The molecule has 0 aromatic heterocycles. The summed E-state index contributed by atoms with van der Waals surface area (Å²) in [5.41, 5.74) is 1.90. The first-order chi connectivity index (χ1) is 19.6. The van der Waals surface area contributed by atoms with Gasteiger partial charge in [-0.3, -0.25) is 13.9 Å². The van der Waals surface area contributed by atoms with E-state index in [2.05, 4.69) is 5.32 Å². The number of carbonyl (C=O) groups is 2. The van der Waals surface area contributed by atoms with Crippen molar-refractivity contribution in [3.05, 3.63) is 89.7 Å². The molecular formula is C31H36FN3O5S. The summed E-state index contributed by atoms with van der Waals surface area (Å²) in [7, 11) is -2.79. The Kier molecular flexibility index (Phi) is 9.65. The molecule has 10 heteroatoms. The minimum atomic E-state index is -4.26. The number of methoxy groups -OCH3 is 1. The van der Waals surface area contributed by atoms with E-state index in [0.717, 1.165) is 53.2 Å². The Morgan fingerprint density at radius 3 is 2.24 bits per heavy atom. The highest BCUT2D eigenvalue weighted by atomic mass is 32.2. The van der Waals surface area contributed by atoms with Crippen molar-refractivity contribution in [2.45, 2.75) is 63.1 Å². The third-order valence-electron chi connectivity index (χ3n) is 7.51. The fourth-order valence-corrected chi connectivity index (χ4v) is 6.37. The SMILES string of the molecule is COc1ccc(S(=O)(=O)N(CC(=O)N(Cc2ccccc2C)C(C)C(=O)NC2CCCC2)c2ccc(F)cc2)cc1. The number of nitrogens with one attached hydrogen (secondary N) is 1. The summed E-state index contributed by atoms with van der Waals surface area (Å²) in [6, 6.07) is 17.4. The molecule has 0 spiro atoms. The lowest BCUT2D eigenvalue weighted by molar-refractivity contribution is -0.139. The average molecular weight is 582 g/mol. The molecule has 218 valence electrons. The number of sulfonamides is 1. The van der Waals surface area contributed by atoms with Crippen LogP contribution in [0.4, 0.5) is 10.1 Å². The Bertz CT molecular complexity index is 1460. The van der Waals surface area contributed by atoms with Gasteiger partial charge in [0.2, 0.25) is 11.8 Å². The van der Waals surface area contributed by atoms with E-state index in [1.165, 1.54) is 48.4 Å². The summed E-state index contributed by atoms with van der Waals surface area (Å²) in [4.78, 5) is 28.7. The Morgan fingerprint density at radius 2 is 1.63 bits per heavy atom. The summed E-state index contributed by atoms with van der Waals surface area (Å²) in [5.74, 6) is -0.922. The first-order valence-electron chi connectivity index (χ1n) is 13.7. The fourth-order valence-electron chi connectivity index (χ4n) is 4.96. The maximum absolute atomic E-state index is 14.0. The molecule has 3 aromatic carbocycles. The number of hydrogen-bond donors (Lipinski definition) is 1. The van der Waals surface area contributed by atoms with E-state index >= 15 is 0 Å². The molecule has 8 nitrogen and oxygen atoms in total. The number of benzene rings is 3. The highest BCUT2D eigenvalue weighted by molar-refractivity contribution is 7.92. The molecule has 0 saturated heterocycles. The van der Waals surface area contributed by atoms with Gasteiger partial charge in [0.05, 0.1) is 17.7 Å². The minimum Gasteiger partial charge on any atom is -0.497 e. The second kappa shape index (κ2) is 13.2. The standard InChI is InChI=1S/C31H36FN3O5S/c1-22-8-4-5-9-24(22)20-34(23(2)31(37)33-26-10-6-7-11-26)30(36)21-35(27-14-12-25(32)13-15-27)41(38,39)29-18-16-28(40-3)17-19-29/h4-5,8-9,12-19,23,26H,6-7,10-11,20-21H2,1-3H3,(H,33,37). The molecule has 1 fully saturated rings. The van der Waals surface area contributed by atoms with Gasteiger partial charge >= 0.3 is 0 Å². The van der Waals surface area contributed by atoms with Crippen molar-refractivity contribution in [1.82, 2.24) is 10.2 Å². The van der Waals surface area contributed by atoms with Gasteiger partial charge in [-0.25, -0.2) is 12.8 Å². The van der Waals surface area contributed by atoms with Crippen molar-refractivity contribution < 1.29 is 27.1 Å². The molecule has 41 heavy (non-hydrogen) atoms. The van der Waals surface area contributed by atoms with Gasteiger partial charge in [0, 0.05) is 12.6 Å². The van der Waals surface area contributed by atoms with Crippen molar-refractivity contribution in [3.8, 4) is 5.75 Å². The average Bonchev–Trinajstić information content (AvgIpc) is 3.48. The van der Waals surface area contributed by atoms with E-state index < -0.39 is 34.3 Å². The second-order valence-electron chi connectivity index (χ2n) is 10.3. The Hall–Kier alpha value is -3.92. The molecule has 2 amide bonds. The van der Waals surface area contributed by atoms with Crippen LogP contribution in [0.15, 0.2) is 77.7 Å². The number of halogens is 1. The van der Waals surface area contributed by atoms with Crippen LogP contribution in [0.25, 0.3) is 0 Å². The maximum Gasteiger partial charge on any atom is 0.264 e. The molecule has 0 heterocycles. The number of nitrogens with zero attached hydrogens (tertiary/aromatic N) is 2. The van der Waals surface area contributed by atoms with Gasteiger partial charge in [-0.05, 0) is 86.3 Å². The van der Waals surface area contributed by atoms with Crippen molar-refractivity contribution in [3.63, 3.8) is 0 Å². The zero-order valence-electron chi connectivity index (χ0n) is 23.5. The fraction of sp³-hybridized carbons (Fsp3) is 0.355. The normalized spacial score (nSPS) is 14.3. The molecule has 1 N–H and O–H groups in total. The molecule has 3 aromatic rings. The van der Waals surface area contributed by atoms with Crippen LogP contribution in [0, 0.1) is 12.7 Å². The van der Waals surface area contributed by atoms with Crippen LogP contribution < -0.4 is 14.4 Å². The predicted molar refractivity (Wildman–Crippen MR) is 156 cm³/mol. The predicted octanol–water partition coefficient (Wildman–Crippen LogP) is 4.81. The Balaban J connectivity index is 1.69. The Labute approximate surface area is 241 Å². The Morgan fingerprint density at radius 1 is 1.00 bits per heavy atom. The zero-order chi connectivity index (χ0) is 29.6. The third kappa shape index (κ3) is 7.24. The summed E-state index contributed by atoms with van der Waals surface area (Å²) in [6.45, 7) is 3.10. The first kappa shape index (κ1) is 30.0. The molecule has 0 bridgehead atoms. The number of hydrogen-bond acceptors (Lipinski definition) is 5. The van der Waals surface area contributed by atoms with Crippen LogP contribution in [0.1, 0.15) is 43.7 Å². The quantitative estimate of drug-likeness (QED) is 0.351. The summed E-state index contributed by atoms with van der Waals surface area (Å²) in [5, 5.41) is 3.05. The van der Waals surface area contributed by atoms with E-state index in [0.29, 0.717) is 5.75 Å². The molecule has 0 radical (unpaired) electrons. The molecule has 0 aliphatic heterocycles. The van der Waals surface area contributed by atoms with Gasteiger partial charge in [-0.2, -0.15) is 0 Å². The number of anilines is 1. The number of amides is 2. The topological polar surface area (TPSA) is 96.0 Å². The third-order valence-corrected chi connectivity index (χ3v) is 9.30. The lowest BCUT2D eigenvalue weighted by Gasteiger charge is -2.32. The number of aryl methyl sites for hydroxylation is 1. The van der Waals surface area contributed by atoms with Gasteiger partial charge in [-0.1, -0.05) is 37.1 Å². The molecule has 1 saturated carbocycles. The lowest BCUT2D eigenvalue weighted by Crippen LogP contribution is -2.52. The second-order valence-corrected chi connectivity index (χ2v) is 12.1. The molecule has 1 aliphatic carbocycles. The van der Waals surface area contributed by atoms with Crippen LogP contribution in [-0.4, -0.2) is 50.9 Å². The van der Waals surface area contributed by atoms with Crippen LogP contribution in [0.3, 0.4) is 0 Å². The lowest BCUT2D eigenvalue weighted by atomic mass is 10.1. The van der Waals surface area contributed by atoms with Crippen molar-refractivity contribution in [1.29, 1.82) is 0 Å². The van der Waals surface area contributed by atoms with Gasteiger partial charge in [-0.15, -0.1) is 0 Å². The first-order valence-corrected chi connectivity index (χ1v) is 15.1. The minimum absolute atomic E-state index is 0.0616. The van der Waals surface area contributed by atoms with Crippen LogP contribution >= 0.6 is 0 Å². The van der Waals surface area contributed by atoms with E-state index in [1.807, 2.05) is 31.2 Å². The summed E-state index contributed by atoms with van der Waals surface area (Å²) >= 11 is 0. The number of ether oxygens (including phenoxy) is 1. The van der Waals surface area contributed by atoms with E-state index in [9.17, 15) is 22.4 Å². The highest BCUT2D eigenvalue weighted by Gasteiger charge is 2.33. The van der Waals surface area contributed by atoms with Crippen LogP contribution in [0.5, 0.6) is 5.75 Å². The number of carbonyl (C=O) groups excluding carboxylic acids is 2. The maximum atomic E-state index is 14.0. The molecular weight excluding hydrogens is 545 g/mol. The van der Waals surface area contributed by atoms with Crippen molar-refractivity contribution in [2.24, 2.45) is 0 Å². The van der Waals surface area contributed by atoms with Gasteiger partial charge in [0.25, 0.3) is 10.0 Å². The molecule has 1 aliphatic rings. The van der Waals surface area contributed by atoms with E-state index in [1.54, 1.807) is 6.92 Å². The van der Waals surface area contributed by atoms with Gasteiger partial charge < -0.3 is 15.0 Å². The van der Waals surface area contributed by atoms with Gasteiger partial charge in [0.15, 0.2) is 0 Å². The summed E-state index contributed by atoms with van der Waals surface area (Å²) < 4.78 is 47.6. The largest absolute Gasteiger partial charge is 0.497 e. The van der Waals surface area contributed by atoms with Gasteiger partial charge in [0.1, 0.15) is 24.2 Å². The zero-order valence-corrected chi connectivity index (χ0v) is 24.4. The highest BCUT2D eigenvalue weighted by Crippen LogP contribution is 2.26. The van der Waals surface area contributed by atoms with E-state index in [4.69, 9.17) is 4.74 Å². The van der Waals surface area contributed by atoms with Crippen LogP contribution in [-0.2, 0) is 26.2 Å². The van der Waals surface area contributed by atoms with Crippen molar-refractivity contribution in [2.75, 3.05) is 18.0 Å². The molecule has 1 unspecified atom stereocenters. The molecule has 4 rings (SSSR count). The van der Waals surface area contributed by atoms with E-state index in [-0.39, 0.29) is 29.1 Å². The smallest absolute Gasteiger partial charge is 0.264 e. The van der Waals surface area contributed by atoms with Crippen LogP contribution in [0.2, 0.25) is 0 Å². The van der Waals surface area contributed by atoms with Crippen molar-refractivity contribution >= 4 is 27.5 Å². The summed E-state index contributed by atoms with van der Waals surface area (Å²) in [6.07, 6.45) is 3.87. The molecule has 1 atom stereocenters. The number of rotatable bonds is 11.